The van der Waals surface area contributed by atoms with Crippen molar-refractivity contribution in [3.8, 4) is 11.3 Å². The Balaban J connectivity index is 1.26. The topological polar surface area (TPSA) is 63.9 Å². The highest BCUT2D eigenvalue weighted by Crippen LogP contribution is 2.28. The maximum Gasteiger partial charge on any atom is 0.243 e. The van der Waals surface area contributed by atoms with E-state index in [4.69, 9.17) is 9.72 Å². The lowest BCUT2D eigenvalue weighted by Gasteiger charge is -2.25. The highest BCUT2D eigenvalue weighted by molar-refractivity contribution is 7.89. The van der Waals surface area contributed by atoms with Crippen LogP contribution in [0, 0.1) is 5.82 Å². The smallest absolute Gasteiger partial charge is 0.243 e. The molecule has 3 aromatic carbocycles. The van der Waals surface area contributed by atoms with Crippen LogP contribution < -0.4 is 0 Å². The molecule has 1 aliphatic heterocycles. The highest BCUT2D eigenvalue weighted by Gasteiger charge is 2.29. The molecule has 9 heteroatoms. The lowest BCUT2D eigenvalue weighted by molar-refractivity contribution is 0.0939. The van der Waals surface area contributed by atoms with Crippen molar-refractivity contribution in [2.24, 2.45) is 0 Å². The molecule has 2 aromatic heterocycles. The van der Waals surface area contributed by atoms with E-state index in [2.05, 4.69) is 30.3 Å². The Morgan fingerprint density at radius 2 is 1.89 bits per heavy atom. The van der Waals surface area contributed by atoms with Crippen molar-refractivity contribution in [2.75, 3.05) is 19.7 Å². The summed E-state index contributed by atoms with van der Waals surface area (Å²) in [5.41, 5.74) is 2.92. The number of imidazole rings is 1. The number of benzene rings is 3. The summed E-state index contributed by atoms with van der Waals surface area (Å²) in [6, 6.07) is 19.5. The maximum atomic E-state index is 13.5. The molecule has 1 aliphatic rings. The first-order valence-electron chi connectivity index (χ1n) is 12.3. The fraction of sp³-hybridized carbons (Fsp3) is 0.250. The molecule has 0 N–H and O–H groups in total. The van der Waals surface area contributed by atoms with Crippen molar-refractivity contribution in [1.82, 2.24) is 13.7 Å². The standard InChI is InChI=1S/C28H26FN3O3S2/c29-23-9-11-26(12-10-23)37(33,34)31(17-25-6-3-15-35-25)14-13-24-19-36-28-30-27(18-32(24)28)22-8-7-20-4-1-2-5-21(20)16-22/h1-2,4-5,7-12,16,18-19,25H,3,6,13-15,17H2. The minimum Gasteiger partial charge on any atom is -0.377 e. The average molecular weight is 536 g/mol. The molecular weight excluding hydrogens is 509 g/mol. The van der Waals surface area contributed by atoms with Crippen LogP contribution in [0.4, 0.5) is 4.39 Å². The number of thiazole rings is 1. The second-order valence-electron chi connectivity index (χ2n) is 9.27. The van der Waals surface area contributed by atoms with Crippen LogP contribution in [0.5, 0.6) is 0 Å². The van der Waals surface area contributed by atoms with Gasteiger partial charge in [0.15, 0.2) is 4.96 Å². The molecule has 0 saturated carbocycles. The molecule has 1 atom stereocenters. The summed E-state index contributed by atoms with van der Waals surface area (Å²) >= 11 is 1.54. The minimum absolute atomic E-state index is 0.0867. The summed E-state index contributed by atoms with van der Waals surface area (Å²) in [7, 11) is -3.81. The molecule has 6 nitrogen and oxygen atoms in total. The molecule has 37 heavy (non-hydrogen) atoms. The van der Waals surface area contributed by atoms with Crippen molar-refractivity contribution in [3.63, 3.8) is 0 Å². The van der Waals surface area contributed by atoms with E-state index in [9.17, 15) is 12.8 Å². The van der Waals surface area contributed by atoms with Gasteiger partial charge in [0.1, 0.15) is 5.82 Å². The number of halogens is 1. The zero-order valence-electron chi connectivity index (χ0n) is 20.1. The third kappa shape index (κ3) is 4.92. The van der Waals surface area contributed by atoms with Gasteiger partial charge < -0.3 is 4.74 Å². The predicted molar refractivity (Wildman–Crippen MR) is 144 cm³/mol. The Hall–Kier alpha value is -3.11. The van der Waals surface area contributed by atoms with Crippen molar-refractivity contribution < 1.29 is 17.5 Å². The van der Waals surface area contributed by atoms with Gasteiger partial charge in [-0.1, -0.05) is 36.4 Å². The van der Waals surface area contributed by atoms with Gasteiger partial charge in [0, 0.05) is 49.0 Å². The zero-order valence-corrected chi connectivity index (χ0v) is 21.7. The maximum absolute atomic E-state index is 13.5. The van der Waals surface area contributed by atoms with Crippen molar-refractivity contribution in [1.29, 1.82) is 0 Å². The van der Waals surface area contributed by atoms with Gasteiger partial charge in [-0.25, -0.2) is 17.8 Å². The lowest BCUT2D eigenvalue weighted by atomic mass is 10.1. The minimum atomic E-state index is -3.81. The molecule has 0 spiro atoms. The Kier molecular flexibility index (Phi) is 6.54. The number of aromatic nitrogens is 2. The van der Waals surface area contributed by atoms with E-state index < -0.39 is 15.8 Å². The molecule has 0 amide bonds. The zero-order chi connectivity index (χ0) is 25.4. The van der Waals surface area contributed by atoms with Gasteiger partial charge in [0.25, 0.3) is 0 Å². The Bertz CT molecular complexity index is 1660. The number of nitrogens with zero attached hydrogens (tertiary/aromatic N) is 3. The second kappa shape index (κ2) is 9.98. The second-order valence-corrected chi connectivity index (χ2v) is 12.0. The van der Waals surface area contributed by atoms with Crippen molar-refractivity contribution in [3.05, 3.63) is 89.8 Å². The normalized spacial score (nSPS) is 16.3. The monoisotopic (exact) mass is 535 g/mol. The molecule has 3 heterocycles. The van der Waals surface area contributed by atoms with Crippen LogP contribution in [0.25, 0.3) is 27.0 Å². The number of hydrogen-bond acceptors (Lipinski definition) is 5. The Morgan fingerprint density at radius 3 is 2.68 bits per heavy atom. The number of ether oxygens (including phenoxy) is 1. The van der Waals surface area contributed by atoms with Crippen LogP contribution in [0.3, 0.4) is 0 Å². The molecule has 6 rings (SSSR count). The van der Waals surface area contributed by atoms with E-state index in [0.29, 0.717) is 13.0 Å². The fourth-order valence-electron chi connectivity index (χ4n) is 4.82. The third-order valence-electron chi connectivity index (χ3n) is 6.83. The third-order valence-corrected chi connectivity index (χ3v) is 9.60. The van der Waals surface area contributed by atoms with E-state index in [-0.39, 0.29) is 24.1 Å². The molecule has 1 fully saturated rings. The first-order valence-corrected chi connectivity index (χ1v) is 14.6. The van der Waals surface area contributed by atoms with Crippen LogP contribution in [-0.4, -0.2) is 47.9 Å². The Morgan fingerprint density at radius 1 is 1.08 bits per heavy atom. The summed E-state index contributed by atoms with van der Waals surface area (Å²) in [6.45, 7) is 1.21. The van der Waals surface area contributed by atoms with E-state index in [1.165, 1.54) is 34.0 Å². The summed E-state index contributed by atoms with van der Waals surface area (Å²) < 4.78 is 49.7. The first kappa shape index (κ1) is 24.2. The largest absolute Gasteiger partial charge is 0.377 e. The predicted octanol–water partition coefficient (Wildman–Crippen LogP) is 5.77. The van der Waals surface area contributed by atoms with Crippen LogP contribution in [0.2, 0.25) is 0 Å². The summed E-state index contributed by atoms with van der Waals surface area (Å²) in [5, 5.41) is 4.37. The molecule has 1 saturated heterocycles. The number of hydrogen-bond donors (Lipinski definition) is 0. The van der Waals surface area contributed by atoms with E-state index >= 15 is 0 Å². The summed E-state index contributed by atoms with van der Waals surface area (Å²) in [5.74, 6) is -0.465. The number of sulfonamides is 1. The van der Waals surface area contributed by atoms with Gasteiger partial charge >= 0.3 is 0 Å². The number of rotatable bonds is 8. The molecule has 0 bridgehead atoms. The SMILES string of the molecule is O=S(=O)(c1ccc(F)cc1)N(CCc1csc2nc(-c3ccc4ccccc4c3)cn12)CC1CCCO1. The molecule has 0 aliphatic carbocycles. The van der Waals surface area contributed by atoms with Gasteiger partial charge in [0.2, 0.25) is 10.0 Å². The number of fused-ring (bicyclic) bond motifs is 2. The first-order chi connectivity index (χ1) is 18.0. The average Bonchev–Trinajstić information content (AvgIpc) is 3.65. The van der Waals surface area contributed by atoms with E-state index in [0.717, 1.165) is 40.1 Å². The van der Waals surface area contributed by atoms with Gasteiger partial charge in [-0.3, -0.25) is 4.40 Å². The van der Waals surface area contributed by atoms with Crippen molar-refractivity contribution >= 4 is 37.1 Å². The Labute approximate surface area is 219 Å². The summed E-state index contributed by atoms with van der Waals surface area (Å²) in [6.07, 6.45) is 4.15. The van der Waals surface area contributed by atoms with Gasteiger partial charge in [-0.2, -0.15) is 4.31 Å². The van der Waals surface area contributed by atoms with Crippen molar-refractivity contribution in [2.45, 2.75) is 30.3 Å². The molecule has 0 radical (unpaired) electrons. The molecule has 190 valence electrons. The van der Waals surface area contributed by atoms with E-state index in [1.807, 2.05) is 28.1 Å². The lowest BCUT2D eigenvalue weighted by Crippen LogP contribution is -2.38. The van der Waals surface area contributed by atoms with Gasteiger partial charge in [-0.15, -0.1) is 11.3 Å². The molecular formula is C28H26FN3O3S2. The fourth-order valence-corrected chi connectivity index (χ4v) is 7.20. The quantitative estimate of drug-likeness (QED) is 0.253. The van der Waals surface area contributed by atoms with Crippen LogP contribution >= 0.6 is 11.3 Å². The van der Waals surface area contributed by atoms with Crippen LogP contribution in [0.1, 0.15) is 18.5 Å². The van der Waals surface area contributed by atoms with Gasteiger partial charge in [0.05, 0.1) is 16.7 Å². The van der Waals surface area contributed by atoms with Crippen LogP contribution in [-0.2, 0) is 21.2 Å². The molecule has 1 unspecified atom stereocenters. The highest BCUT2D eigenvalue weighted by atomic mass is 32.2. The van der Waals surface area contributed by atoms with Crippen LogP contribution in [0.15, 0.2) is 83.2 Å². The van der Waals surface area contributed by atoms with E-state index in [1.54, 1.807) is 11.3 Å². The summed E-state index contributed by atoms with van der Waals surface area (Å²) in [4.78, 5) is 5.77. The molecule has 5 aromatic rings. The van der Waals surface area contributed by atoms with Gasteiger partial charge in [-0.05, 0) is 53.9 Å².